The third kappa shape index (κ3) is 5.74. The molecule has 23 heavy (non-hydrogen) atoms. The van der Waals surface area contributed by atoms with E-state index in [1.54, 1.807) is 28.9 Å². The number of benzene rings is 1. The molecule has 1 amide bonds. The van der Waals surface area contributed by atoms with Gasteiger partial charge in [0.05, 0.1) is 11.6 Å². The Morgan fingerprint density at radius 2 is 2.13 bits per heavy atom. The third-order valence-electron chi connectivity index (χ3n) is 2.94. The fourth-order valence-electron chi connectivity index (χ4n) is 1.77. The number of nitrogens with zero attached hydrogens (tertiary/aromatic N) is 3. The van der Waals surface area contributed by atoms with Crippen molar-refractivity contribution in [3.05, 3.63) is 40.5 Å². The van der Waals surface area contributed by atoms with E-state index in [1.165, 1.54) is 0 Å². The van der Waals surface area contributed by atoms with Crippen LogP contribution in [-0.4, -0.2) is 47.8 Å². The first-order valence-corrected chi connectivity index (χ1v) is 7.75. The van der Waals surface area contributed by atoms with Crippen LogP contribution in [0.1, 0.15) is 0 Å². The molecular formula is C15H18Cl2N4O2. The highest BCUT2D eigenvalue weighted by atomic mass is 35.5. The first kappa shape index (κ1) is 17.6. The lowest BCUT2D eigenvalue weighted by Gasteiger charge is -2.09. The molecule has 0 aliphatic carbocycles. The first-order chi connectivity index (χ1) is 10.9. The van der Waals surface area contributed by atoms with Gasteiger partial charge in [-0.3, -0.25) is 9.48 Å². The van der Waals surface area contributed by atoms with E-state index in [2.05, 4.69) is 15.3 Å². The van der Waals surface area contributed by atoms with E-state index in [0.717, 1.165) is 13.1 Å². The maximum absolute atomic E-state index is 11.9. The third-order valence-corrected chi connectivity index (χ3v) is 3.47. The second-order valence-corrected chi connectivity index (χ2v) is 6.02. The predicted octanol–water partition coefficient (Wildman–Crippen LogP) is 2.77. The van der Waals surface area contributed by atoms with Gasteiger partial charge in [-0.05, 0) is 32.3 Å². The minimum Gasteiger partial charge on any atom is -0.482 e. The molecule has 1 heterocycles. The average molecular weight is 357 g/mol. The molecule has 2 aromatic rings. The molecule has 124 valence electrons. The maximum atomic E-state index is 11.9. The largest absolute Gasteiger partial charge is 0.482 e. The summed E-state index contributed by atoms with van der Waals surface area (Å²) in [6.07, 6.45) is 1.82. The minimum absolute atomic E-state index is 0.161. The lowest BCUT2D eigenvalue weighted by Crippen LogP contribution is -2.21. The molecule has 0 radical (unpaired) electrons. The van der Waals surface area contributed by atoms with Crippen molar-refractivity contribution < 1.29 is 9.53 Å². The van der Waals surface area contributed by atoms with Gasteiger partial charge < -0.3 is 15.0 Å². The van der Waals surface area contributed by atoms with E-state index in [9.17, 15) is 4.79 Å². The number of carbonyl (C=O) groups excluding carboxylic acids is 1. The minimum atomic E-state index is -0.311. The Hall–Kier alpha value is -1.76. The number of hydrogen-bond donors (Lipinski definition) is 1. The summed E-state index contributed by atoms with van der Waals surface area (Å²) in [6.45, 7) is 1.46. The molecule has 2 rings (SSSR count). The van der Waals surface area contributed by atoms with Crippen molar-refractivity contribution in [1.82, 2.24) is 14.7 Å². The lowest BCUT2D eigenvalue weighted by atomic mass is 10.3. The number of carbonyl (C=O) groups is 1. The molecule has 0 unspecified atom stereocenters. The Kier molecular flexibility index (Phi) is 6.27. The molecule has 0 bridgehead atoms. The Labute approximate surface area is 144 Å². The van der Waals surface area contributed by atoms with Crippen LogP contribution in [0, 0.1) is 0 Å². The summed E-state index contributed by atoms with van der Waals surface area (Å²) in [6, 6.07) is 6.56. The van der Waals surface area contributed by atoms with Gasteiger partial charge in [-0.15, -0.1) is 0 Å². The maximum Gasteiger partial charge on any atom is 0.263 e. The van der Waals surface area contributed by atoms with Crippen LogP contribution in [0.2, 0.25) is 10.0 Å². The van der Waals surface area contributed by atoms with E-state index in [0.29, 0.717) is 21.6 Å². The Morgan fingerprint density at radius 1 is 1.35 bits per heavy atom. The van der Waals surface area contributed by atoms with E-state index < -0.39 is 0 Å². The average Bonchev–Trinajstić information content (AvgIpc) is 2.91. The predicted molar refractivity (Wildman–Crippen MR) is 91.4 cm³/mol. The van der Waals surface area contributed by atoms with Crippen LogP contribution >= 0.6 is 23.2 Å². The Balaban J connectivity index is 1.82. The molecule has 8 heteroatoms. The van der Waals surface area contributed by atoms with Gasteiger partial charge in [-0.2, -0.15) is 5.10 Å². The second kappa shape index (κ2) is 8.19. The van der Waals surface area contributed by atoms with Crippen molar-refractivity contribution in [3.63, 3.8) is 0 Å². The zero-order valence-corrected chi connectivity index (χ0v) is 14.4. The van der Waals surface area contributed by atoms with Gasteiger partial charge in [0, 0.05) is 23.8 Å². The van der Waals surface area contributed by atoms with Gasteiger partial charge in [0.25, 0.3) is 5.91 Å². The smallest absolute Gasteiger partial charge is 0.263 e. The SMILES string of the molecule is CN(C)CCn1ccc(NC(=O)COc2ccc(Cl)cc2Cl)n1. The highest BCUT2D eigenvalue weighted by Gasteiger charge is 2.08. The van der Waals surface area contributed by atoms with Crippen molar-refractivity contribution in [2.75, 3.05) is 32.6 Å². The lowest BCUT2D eigenvalue weighted by molar-refractivity contribution is -0.118. The summed E-state index contributed by atoms with van der Waals surface area (Å²) < 4.78 is 7.14. The molecule has 0 spiro atoms. The van der Waals surface area contributed by atoms with E-state index >= 15 is 0 Å². The summed E-state index contributed by atoms with van der Waals surface area (Å²) in [5.41, 5.74) is 0. The van der Waals surface area contributed by atoms with Crippen LogP contribution in [0.15, 0.2) is 30.5 Å². The number of anilines is 1. The number of nitrogens with one attached hydrogen (secondary N) is 1. The van der Waals surface area contributed by atoms with Crippen molar-refractivity contribution in [2.45, 2.75) is 6.54 Å². The molecule has 6 nitrogen and oxygen atoms in total. The number of amides is 1. The van der Waals surface area contributed by atoms with Gasteiger partial charge >= 0.3 is 0 Å². The number of hydrogen-bond acceptors (Lipinski definition) is 4. The highest BCUT2D eigenvalue weighted by molar-refractivity contribution is 6.35. The normalized spacial score (nSPS) is 10.8. The summed E-state index contributed by atoms with van der Waals surface area (Å²) in [5.74, 6) is 0.580. The van der Waals surface area contributed by atoms with Crippen molar-refractivity contribution in [1.29, 1.82) is 0 Å². The van der Waals surface area contributed by atoms with Crippen LogP contribution in [0.25, 0.3) is 0 Å². The van der Waals surface area contributed by atoms with E-state index in [4.69, 9.17) is 27.9 Å². The first-order valence-electron chi connectivity index (χ1n) is 7.00. The van der Waals surface area contributed by atoms with Gasteiger partial charge in [0.1, 0.15) is 5.75 Å². The fourth-order valence-corrected chi connectivity index (χ4v) is 2.23. The van der Waals surface area contributed by atoms with Gasteiger partial charge in [0.2, 0.25) is 0 Å². The summed E-state index contributed by atoms with van der Waals surface area (Å²) in [4.78, 5) is 13.9. The fraction of sp³-hybridized carbons (Fsp3) is 0.333. The number of likely N-dealkylation sites (N-methyl/N-ethyl adjacent to an activating group) is 1. The molecule has 1 N–H and O–H groups in total. The molecule has 0 aliphatic heterocycles. The molecule has 0 fully saturated rings. The molecule has 1 aromatic carbocycles. The highest BCUT2D eigenvalue weighted by Crippen LogP contribution is 2.27. The quantitative estimate of drug-likeness (QED) is 0.828. The number of aromatic nitrogens is 2. The van der Waals surface area contributed by atoms with Crippen LogP contribution in [-0.2, 0) is 11.3 Å². The zero-order chi connectivity index (χ0) is 16.8. The van der Waals surface area contributed by atoms with Crippen LogP contribution in [0.5, 0.6) is 5.75 Å². The topological polar surface area (TPSA) is 59.4 Å². The van der Waals surface area contributed by atoms with E-state index in [1.807, 2.05) is 20.3 Å². The van der Waals surface area contributed by atoms with Crippen LogP contribution in [0.4, 0.5) is 5.82 Å². The monoisotopic (exact) mass is 356 g/mol. The second-order valence-electron chi connectivity index (χ2n) is 5.18. The van der Waals surface area contributed by atoms with Gasteiger partial charge in [-0.1, -0.05) is 23.2 Å². The summed E-state index contributed by atoms with van der Waals surface area (Å²) >= 11 is 11.8. The standard InChI is InChI=1S/C15H18Cl2N4O2/c1-20(2)7-8-21-6-5-14(19-21)18-15(22)10-23-13-4-3-11(16)9-12(13)17/h3-6,9H,7-8,10H2,1-2H3,(H,18,19,22). The number of halogens is 2. The van der Waals surface area contributed by atoms with Crippen molar-refractivity contribution in [3.8, 4) is 5.75 Å². The van der Waals surface area contributed by atoms with Crippen LogP contribution < -0.4 is 10.1 Å². The van der Waals surface area contributed by atoms with Gasteiger partial charge in [0.15, 0.2) is 12.4 Å². The molecule has 0 saturated carbocycles. The van der Waals surface area contributed by atoms with Crippen molar-refractivity contribution in [2.24, 2.45) is 0 Å². The molecular weight excluding hydrogens is 339 g/mol. The Bertz CT molecular complexity index is 673. The van der Waals surface area contributed by atoms with E-state index in [-0.39, 0.29) is 12.5 Å². The molecule has 0 atom stereocenters. The molecule has 1 aromatic heterocycles. The van der Waals surface area contributed by atoms with Crippen LogP contribution in [0.3, 0.4) is 0 Å². The number of rotatable bonds is 7. The molecule has 0 aliphatic rings. The number of ether oxygens (including phenoxy) is 1. The summed E-state index contributed by atoms with van der Waals surface area (Å²) in [7, 11) is 3.98. The van der Waals surface area contributed by atoms with Gasteiger partial charge in [-0.25, -0.2) is 0 Å². The molecule has 0 saturated heterocycles. The zero-order valence-electron chi connectivity index (χ0n) is 12.9. The summed E-state index contributed by atoms with van der Waals surface area (Å²) in [5, 5.41) is 7.81. The Morgan fingerprint density at radius 3 is 2.83 bits per heavy atom. The van der Waals surface area contributed by atoms with Crippen molar-refractivity contribution >= 4 is 34.9 Å².